The van der Waals surface area contributed by atoms with Gasteiger partial charge in [-0.3, -0.25) is 14.5 Å². The number of hydrogen-bond donors (Lipinski definition) is 0. The van der Waals surface area contributed by atoms with Crippen molar-refractivity contribution in [3.8, 4) is 0 Å². The van der Waals surface area contributed by atoms with Crippen LogP contribution in [0, 0.1) is 5.82 Å². The third kappa shape index (κ3) is 3.41. The number of hydrogen-bond acceptors (Lipinski definition) is 5. The van der Waals surface area contributed by atoms with Crippen LogP contribution in [0.2, 0.25) is 0 Å². The molecule has 0 aliphatic carbocycles. The maximum atomic E-state index is 13.2. The average Bonchev–Trinajstić information content (AvgIpc) is 3.06. The second-order valence-corrected chi connectivity index (χ2v) is 8.40. The van der Waals surface area contributed by atoms with Gasteiger partial charge in [-0.2, -0.15) is 4.31 Å². The largest absolute Gasteiger partial charge is 0.289 e. The molecule has 124 valence electrons. The zero-order valence-corrected chi connectivity index (χ0v) is 13.8. The Balaban J connectivity index is 1.70. The second kappa shape index (κ2) is 6.21. The van der Waals surface area contributed by atoms with E-state index in [1.54, 1.807) is 6.07 Å². The van der Waals surface area contributed by atoms with E-state index in [0.29, 0.717) is 12.0 Å². The van der Waals surface area contributed by atoms with Crippen molar-refractivity contribution in [3.05, 3.63) is 35.6 Å². The summed E-state index contributed by atoms with van der Waals surface area (Å²) in [6.07, 6.45) is 0.431. The lowest BCUT2D eigenvalue weighted by Crippen LogP contribution is -2.41. The molecule has 9 heteroatoms. The molecule has 0 spiro atoms. The number of benzene rings is 1. The summed E-state index contributed by atoms with van der Waals surface area (Å²) in [6, 6.07) is 5.05. The van der Waals surface area contributed by atoms with Gasteiger partial charge in [-0.05, 0) is 24.1 Å². The third-order valence-electron chi connectivity index (χ3n) is 3.91. The number of rotatable bonds is 4. The summed E-state index contributed by atoms with van der Waals surface area (Å²) in [5.41, 5.74) is 0.373. The number of amides is 2. The molecular formula is C14H15FN2O4S2. The average molecular weight is 358 g/mol. The van der Waals surface area contributed by atoms with Gasteiger partial charge in [-0.15, -0.1) is 0 Å². The van der Waals surface area contributed by atoms with Gasteiger partial charge in [0.05, 0.1) is 17.5 Å². The summed E-state index contributed by atoms with van der Waals surface area (Å²) in [5.74, 6) is -0.934. The molecule has 0 N–H and O–H groups in total. The van der Waals surface area contributed by atoms with Crippen LogP contribution in [0.1, 0.15) is 12.0 Å². The van der Waals surface area contributed by atoms with Crippen LogP contribution >= 0.6 is 11.8 Å². The van der Waals surface area contributed by atoms with Gasteiger partial charge < -0.3 is 0 Å². The summed E-state index contributed by atoms with van der Waals surface area (Å²) in [4.78, 5) is 24.6. The van der Waals surface area contributed by atoms with Crippen molar-refractivity contribution in [3.63, 3.8) is 0 Å². The number of thioether (sulfide) groups is 1. The second-order valence-electron chi connectivity index (χ2n) is 5.50. The number of carbonyl (C=O) groups excluding carboxylic acids is 2. The van der Waals surface area contributed by atoms with E-state index in [1.807, 2.05) is 0 Å². The molecule has 2 saturated heterocycles. The molecule has 3 rings (SSSR count). The van der Waals surface area contributed by atoms with E-state index < -0.39 is 21.9 Å². The predicted octanol–water partition coefficient (Wildman–Crippen LogP) is 1.43. The number of sulfonamides is 1. The highest BCUT2D eigenvalue weighted by Gasteiger charge is 2.41. The smallest absolute Gasteiger partial charge is 0.273 e. The highest BCUT2D eigenvalue weighted by Crippen LogP contribution is 2.28. The SMILES string of the molecule is O=C1CSC(=O)N1C1CCN(S(=O)(=O)Cc2cccc(F)c2)C1. The molecule has 1 aromatic carbocycles. The Morgan fingerprint density at radius 2 is 2.09 bits per heavy atom. The maximum Gasteiger partial charge on any atom is 0.289 e. The van der Waals surface area contributed by atoms with Gasteiger partial charge in [0.2, 0.25) is 15.9 Å². The van der Waals surface area contributed by atoms with Crippen LogP contribution in [0.5, 0.6) is 0 Å². The molecule has 0 saturated carbocycles. The Labute approximate surface area is 137 Å². The Kier molecular flexibility index (Phi) is 4.43. The molecule has 23 heavy (non-hydrogen) atoms. The molecule has 1 atom stereocenters. The number of halogens is 1. The van der Waals surface area contributed by atoms with E-state index in [0.717, 1.165) is 11.8 Å². The van der Waals surface area contributed by atoms with E-state index in [-0.39, 0.29) is 35.7 Å². The first-order chi connectivity index (χ1) is 10.9. The zero-order valence-electron chi connectivity index (χ0n) is 12.1. The molecule has 2 fully saturated rings. The van der Waals surface area contributed by atoms with Gasteiger partial charge >= 0.3 is 0 Å². The van der Waals surface area contributed by atoms with E-state index in [2.05, 4.69) is 0 Å². The topological polar surface area (TPSA) is 74.8 Å². The molecule has 0 bridgehead atoms. The lowest BCUT2D eigenvalue weighted by Gasteiger charge is -2.21. The van der Waals surface area contributed by atoms with Crippen LogP contribution in [0.25, 0.3) is 0 Å². The minimum atomic E-state index is -3.62. The van der Waals surface area contributed by atoms with Crippen molar-refractivity contribution in [1.82, 2.24) is 9.21 Å². The van der Waals surface area contributed by atoms with E-state index in [4.69, 9.17) is 0 Å². The number of nitrogens with zero attached hydrogens (tertiary/aromatic N) is 2. The minimum Gasteiger partial charge on any atom is -0.273 e. The maximum absolute atomic E-state index is 13.2. The van der Waals surface area contributed by atoms with Gasteiger partial charge in [0, 0.05) is 13.1 Å². The normalized spacial score (nSPS) is 23.0. The van der Waals surface area contributed by atoms with Gasteiger partial charge in [-0.1, -0.05) is 23.9 Å². The van der Waals surface area contributed by atoms with Gasteiger partial charge in [0.15, 0.2) is 0 Å². The van der Waals surface area contributed by atoms with E-state index >= 15 is 0 Å². The van der Waals surface area contributed by atoms with Crippen LogP contribution in [0.15, 0.2) is 24.3 Å². The fraction of sp³-hybridized carbons (Fsp3) is 0.429. The summed E-state index contributed by atoms with van der Waals surface area (Å²) < 4.78 is 39.3. The Bertz CT molecular complexity index is 737. The van der Waals surface area contributed by atoms with Crippen LogP contribution < -0.4 is 0 Å². The molecule has 6 nitrogen and oxygen atoms in total. The Morgan fingerprint density at radius 3 is 2.74 bits per heavy atom. The first kappa shape index (κ1) is 16.4. The molecule has 2 heterocycles. The standard InChI is InChI=1S/C14H15FN2O4S2/c15-11-3-1-2-10(6-11)9-23(20,21)16-5-4-12(7-16)17-13(18)8-22-14(17)19/h1-3,6,12H,4-5,7-9H2. The van der Waals surface area contributed by atoms with Crippen LogP contribution in [-0.2, 0) is 20.6 Å². The minimum absolute atomic E-state index is 0.107. The van der Waals surface area contributed by atoms with Gasteiger partial charge in [0.1, 0.15) is 5.82 Å². The van der Waals surface area contributed by atoms with Crippen molar-refractivity contribution in [2.75, 3.05) is 18.8 Å². The highest BCUT2D eigenvalue weighted by atomic mass is 32.2. The fourth-order valence-electron chi connectivity index (χ4n) is 2.82. The van der Waals surface area contributed by atoms with E-state index in [1.165, 1.54) is 27.4 Å². The molecule has 2 amide bonds. The first-order valence-electron chi connectivity index (χ1n) is 7.08. The van der Waals surface area contributed by atoms with Crippen LogP contribution in [-0.4, -0.2) is 53.7 Å². The summed E-state index contributed by atoms with van der Waals surface area (Å²) >= 11 is 0.941. The lowest BCUT2D eigenvalue weighted by molar-refractivity contribution is -0.126. The molecule has 2 aliphatic rings. The number of carbonyl (C=O) groups is 2. The van der Waals surface area contributed by atoms with Crippen LogP contribution in [0.4, 0.5) is 9.18 Å². The Hall–Kier alpha value is -1.45. The Morgan fingerprint density at radius 1 is 1.30 bits per heavy atom. The number of imide groups is 1. The van der Waals surface area contributed by atoms with E-state index in [9.17, 15) is 22.4 Å². The summed E-state index contributed by atoms with van der Waals surface area (Å²) in [6.45, 7) is 0.361. The third-order valence-corrected chi connectivity index (χ3v) is 6.56. The molecule has 0 radical (unpaired) electrons. The first-order valence-corrected chi connectivity index (χ1v) is 9.67. The quantitative estimate of drug-likeness (QED) is 0.814. The molecule has 2 aliphatic heterocycles. The van der Waals surface area contributed by atoms with Gasteiger partial charge in [-0.25, -0.2) is 12.8 Å². The monoisotopic (exact) mass is 358 g/mol. The fourth-order valence-corrected chi connectivity index (χ4v) is 5.16. The molecular weight excluding hydrogens is 343 g/mol. The highest BCUT2D eigenvalue weighted by molar-refractivity contribution is 8.14. The van der Waals surface area contributed by atoms with Crippen molar-refractivity contribution >= 4 is 32.9 Å². The molecule has 1 aromatic rings. The van der Waals surface area contributed by atoms with Crippen molar-refractivity contribution in [1.29, 1.82) is 0 Å². The summed E-state index contributed by atoms with van der Waals surface area (Å²) in [7, 11) is -3.62. The van der Waals surface area contributed by atoms with Crippen molar-refractivity contribution in [2.45, 2.75) is 18.2 Å². The van der Waals surface area contributed by atoms with Crippen LogP contribution in [0.3, 0.4) is 0 Å². The molecule has 1 unspecified atom stereocenters. The zero-order chi connectivity index (χ0) is 16.6. The van der Waals surface area contributed by atoms with Gasteiger partial charge in [0.25, 0.3) is 5.24 Å². The summed E-state index contributed by atoms with van der Waals surface area (Å²) in [5, 5.41) is -0.315. The van der Waals surface area contributed by atoms with Crippen molar-refractivity contribution in [2.24, 2.45) is 0 Å². The van der Waals surface area contributed by atoms with Crippen molar-refractivity contribution < 1.29 is 22.4 Å². The predicted molar refractivity (Wildman–Crippen MR) is 83.7 cm³/mol. The molecule has 0 aromatic heterocycles. The lowest BCUT2D eigenvalue weighted by atomic mass is 10.2.